The van der Waals surface area contributed by atoms with E-state index in [1.807, 2.05) is 0 Å². The third kappa shape index (κ3) is 3.90. The van der Waals surface area contributed by atoms with Crippen LogP contribution in [-0.2, 0) is 12.8 Å². The van der Waals surface area contributed by atoms with Gasteiger partial charge >= 0.3 is 0 Å². The van der Waals surface area contributed by atoms with Gasteiger partial charge in [-0.3, -0.25) is 4.79 Å². The molecular formula is C21H22F2N6OS. The van der Waals surface area contributed by atoms with Gasteiger partial charge in [-0.25, -0.2) is 13.8 Å². The minimum absolute atomic E-state index is 0.0700. The summed E-state index contributed by atoms with van der Waals surface area (Å²) in [7, 11) is 0. The van der Waals surface area contributed by atoms with E-state index in [4.69, 9.17) is 0 Å². The number of nitrogens with one attached hydrogen (secondary N) is 1. The maximum Gasteiger partial charge on any atom is 0.296 e. The van der Waals surface area contributed by atoms with E-state index in [1.54, 1.807) is 6.92 Å². The Kier molecular flexibility index (Phi) is 5.25. The zero-order chi connectivity index (χ0) is 22.5. The normalized spacial score (nSPS) is 16.4. The predicted molar refractivity (Wildman–Crippen MR) is 112 cm³/mol. The van der Waals surface area contributed by atoms with Gasteiger partial charge in [0.2, 0.25) is 5.82 Å². The zero-order valence-electron chi connectivity index (χ0n) is 17.7. The first-order valence-corrected chi connectivity index (χ1v) is 10.8. The molecule has 0 saturated carbocycles. The molecule has 31 heavy (non-hydrogen) atoms. The van der Waals surface area contributed by atoms with Gasteiger partial charge in [0.25, 0.3) is 18.1 Å². The Morgan fingerprint density at radius 1 is 1.39 bits per heavy atom. The number of carbonyl (C=O) groups is 1. The van der Waals surface area contributed by atoms with Gasteiger partial charge in [-0.15, -0.1) is 16.4 Å². The predicted octanol–water partition coefficient (Wildman–Crippen LogP) is 4.71. The Morgan fingerprint density at radius 3 is 2.77 bits per heavy atom. The second kappa shape index (κ2) is 7.64. The molecule has 4 rings (SSSR count). The summed E-state index contributed by atoms with van der Waals surface area (Å²) in [5, 5.41) is 16.8. The molecule has 0 bridgehead atoms. The number of alkyl halides is 2. The first-order chi connectivity index (χ1) is 14.6. The molecule has 162 valence electrons. The molecule has 0 saturated heterocycles. The number of rotatable bonds is 3. The summed E-state index contributed by atoms with van der Waals surface area (Å²) in [5.41, 5.74) is 1.58. The average Bonchev–Trinajstić information content (AvgIpc) is 3.26. The Balaban J connectivity index is 1.65. The van der Waals surface area contributed by atoms with Gasteiger partial charge in [-0.2, -0.15) is 14.8 Å². The molecule has 3 heterocycles. The number of anilines is 1. The van der Waals surface area contributed by atoms with Crippen molar-refractivity contribution in [2.45, 2.75) is 53.4 Å². The molecule has 3 aromatic rings. The molecule has 3 aromatic heterocycles. The maximum atomic E-state index is 13.3. The maximum absolute atomic E-state index is 13.3. The molecule has 0 aliphatic heterocycles. The first-order valence-electron chi connectivity index (χ1n) is 9.97. The summed E-state index contributed by atoms with van der Waals surface area (Å²) in [6, 6.07) is 3.42. The highest BCUT2D eigenvalue weighted by molar-refractivity contribution is 7.16. The van der Waals surface area contributed by atoms with E-state index in [2.05, 4.69) is 47.2 Å². The van der Waals surface area contributed by atoms with E-state index in [0.29, 0.717) is 22.2 Å². The summed E-state index contributed by atoms with van der Waals surface area (Å²) >= 11 is 1.39. The van der Waals surface area contributed by atoms with E-state index in [0.717, 1.165) is 34.2 Å². The highest BCUT2D eigenvalue weighted by Gasteiger charge is 2.32. The molecule has 10 heteroatoms. The molecule has 0 radical (unpaired) electrons. The van der Waals surface area contributed by atoms with Crippen molar-refractivity contribution in [2.75, 3.05) is 5.32 Å². The summed E-state index contributed by atoms with van der Waals surface area (Å²) < 4.78 is 27.5. The lowest BCUT2D eigenvalue weighted by molar-refractivity contribution is 0.101. The van der Waals surface area contributed by atoms with Crippen LogP contribution in [0.3, 0.4) is 0 Å². The third-order valence-electron chi connectivity index (χ3n) is 5.72. The van der Waals surface area contributed by atoms with E-state index in [-0.39, 0.29) is 22.7 Å². The molecule has 7 nitrogen and oxygen atoms in total. The van der Waals surface area contributed by atoms with E-state index >= 15 is 0 Å². The number of nitrogens with zero attached hydrogens (tertiary/aromatic N) is 5. The number of nitriles is 1. The van der Waals surface area contributed by atoms with Gasteiger partial charge in [-0.1, -0.05) is 20.8 Å². The van der Waals surface area contributed by atoms with Crippen LogP contribution in [0.1, 0.15) is 71.6 Å². The van der Waals surface area contributed by atoms with Crippen molar-refractivity contribution >= 4 is 28.0 Å². The van der Waals surface area contributed by atoms with Crippen molar-refractivity contribution in [3.05, 3.63) is 39.3 Å². The Hall–Kier alpha value is -2.93. The molecule has 1 amide bonds. The summed E-state index contributed by atoms with van der Waals surface area (Å²) in [5.74, 6) is -0.510. The molecule has 0 fully saturated rings. The van der Waals surface area contributed by atoms with Crippen LogP contribution in [0.2, 0.25) is 0 Å². The Labute approximate surface area is 182 Å². The van der Waals surface area contributed by atoms with Crippen molar-refractivity contribution in [1.82, 2.24) is 19.6 Å². The Morgan fingerprint density at radius 2 is 2.13 bits per heavy atom. The summed E-state index contributed by atoms with van der Waals surface area (Å²) in [4.78, 5) is 22.0. The number of aromatic nitrogens is 4. The third-order valence-corrected chi connectivity index (χ3v) is 6.89. The number of hydrogen-bond donors (Lipinski definition) is 1. The van der Waals surface area contributed by atoms with E-state index < -0.39 is 12.3 Å². The van der Waals surface area contributed by atoms with Crippen molar-refractivity contribution in [3.63, 3.8) is 0 Å². The Bertz CT molecular complexity index is 1220. The number of halogens is 2. The van der Waals surface area contributed by atoms with E-state index in [9.17, 15) is 18.8 Å². The van der Waals surface area contributed by atoms with Crippen LogP contribution in [0.15, 0.2) is 6.07 Å². The molecule has 1 aliphatic carbocycles. The quantitative estimate of drug-likeness (QED) is 0.631. The topological polar surface area (TPSA) is 96.0 Å². The molecule has 1 N–H and O–H groups in total. The van der Waals surface area contributed by atoms with Crippen molar-refractivity contribution in [3.8, 4) is 6.07 Å². The minimum Gasteiger partial charge on any atom is -0.310 e. The van der Waals surface area contributed by atoms with Gasteiger partial charge < -0.3 is 5.32 Å². The number of hydrogen-bond acceptors (Lipinski definition) is 6. The number of thiophene rings is 1. The largest absolute Gasteiger partial charge is 0.310 e. The molecule has 0 aromatic carbocycles. The summed E-state index contributed by atoms with van der Waals surface area (Å²) in [6.07, 6.45) is -0.140. The lowest BCUT2D eigenvalue weighted by atomic mass is 9.72. The molecular weight excluding hydrogens is 422 g/mol. The lowest BCUT2D eigenvalue weighted by Gasteiger charge is -2.33. The smallest absolute Gasteiger partial charge is 0.296 e. The fraction of sp³-hybridized carbons (Fsp3) is 0.476. The van der Waals surface area contributed by atoms with Crippen LogP contribution in [0.4, 0.5) is 13.8 Å². The van der Waals surface area contributed by atoms with E-state index in [1.165, 1.54) is 17.4 Å². The standard InChI is InChI=1S/C21H22F2N6OS/c1-10-7-14(16(22)23)29-20(25-10)26-17(28-29)18(30)27-19-13(9-24)12-6-5-11(21(2,3)4)8-15(12)31-19/h7,11,16H,5-6,8H2,1-4H3,(H,27,30)/t11-/m1/s1. The van der Waals surface area contributed by atoms with Gasteiger partial charge in [-0.05, 0) is 49.1 Å². The second-order valence-electron chi connectivity index (χ2n) is 8.85. The number of aryl methyl sites for hydroxylation is 1. The highest BCUT2D eigenvalue weighted by Crippen LogP contribution is 2.44. The molecule has 0 unspecified atom stereocenters. The average molecular weight is 445 g/mol. The van der Waals surface area contributed by atoms with Crippen LogP contribution < -0.4 is 5.32 Å². The number of fused-ring (bicyclic) bond motifs is 2. The first kappa shape index (κ1) is 21.3. The monoisotopic (exact) mass is 444 g/mol. The minimum atomic E-state index is -2.79. The zero-order valence-corrected chi connectivity index (χ0v) is 18.5. The fourth-order valence-corrected chi connectivity index (χ4v) is 5.23. The van der Waals surface area contributed by atoms with Crippen molar-refractivity contribution in [2.24, 2.45) is 11.3 Å². The van der Waals surface area contributed by atoms with Gasteiger partial charge in [0.15, 0.2) is 0 Å². The van der Waals surface area contributed by atoms with Crippen LogP contribution >= 0.6 is 11.3 Å². The van der Waals surface area contributed by atoms with Crippen LogP contribution in [-0.4, -0.2) is 25.5 Å². The van der Waals surface area contributed by atoms with Crippen LogP contribution in [0.25, 0.3) is 5.78 Å². The van der Waals surface area contributed by atoms with Crippen molar-refractivity contribution < 1.29 is 13.6 Å². The highest BCUT2D eigenvalue weighted by atomic mass is 32.1. The molecule has 1 aliphatic rings. The number of carbonyl (C=O) groups excluding carboxylic acids is 1. The second-order valence-corrected chi connectivity index (χ2v) is 9.96. The van der Waals surface area contributed by atoms with Gasteiger partial charge in [0, 0.05) is 10.6 Å². The summed E-state index contributed by atoms with van der Waals surface area (Å²) in [6.45, 7) is 8.20. The SMILES string of the molecule is Cc1cc(C(F)F)n2nc(C(=O)Nc3sc4c(c3C#N)CC[C@@H](C(C)(C)C)C4)nc2n1. The van der Waals surface area contributed by atoms with Crippen molar-refractivity contribution in [1.29, 1.82) is 5.26 Å². The fourth-order valence-electron chi connectivity index (χ4n) is 3.96. The van der Waals surface area contributed by atoms with Crippen LogP contribution in [0, 0.1) is 29.6 Å². The van der Waals surface area contributed by atoms with Crippen LogP contribution in [0.5, 0.6) is 0 Å². The van der Waals surface area contributed by atoms with Gasteiger partial charge in [0.05, 0.1) is 5.56 Å². The lowest BCUT2D eigenvalue weighted by Crippen LogP contribution is -2.26. The van der Waals surface area contributed by atoms with Gasteiger partial charge in [0.1, 0.15) is 16.8 Å². The molecule has 0 spiro atoms. The molecule has 1 atom stereocenters. The number of amides is 1.